The molecule has 0 saturated carbocycles. The second-order valence-electron chi connectivity index (χ2n) is 4.72. The highest BCUT2D eigenvalue weighted by Crippen LogP contribution is 2.28. The number of aliphatic hydroxyl groups is 1. The third-order valence-electron chi connectivity index (χ3n) is 3.08. The van der Waals surface area contributed by atoms with Crippen LogP contribution in [-0.4, -0.2) is 36.4 Å². The Morgan fingerprint density at radius 1 is 1.39 bits per heavy atom. The minimum atomic E-state index is -1.29. The molecule has 0 aliphatic heterocycles. The monoisotopic (exact) mass is 314 g/mol. The van der Waals surface area contributed by atoms with E-state index in [0.29, 0.717) is 11.4 Å². The highest BCUT2D eigenvalue weighted by Gasteiger charge is 2.14. The fourth-order valence-electron chi connectivity index (χ4n) is 2.03. The molecule has 2 aromatic rings. The number of aromatic nitrogens is 1. The number of carbonyl (C=O) groups excluding carboxylic acids is 1. The largest absolute Gasteiger partial charge is 0.548 e. The summed E-state index contributed by atoms with van der Waals surface area (Å²) in [5.41, 5.74) is 1.33. The molecule has 6 nitrogen and oxygen atoms in total. The number of ether oxygens (including phenoxy) is 2. The zero-order valence-electron chi connectivity index (χ0n) is 12.6. The molecule has 0 spiro atoms. The number of para-hydroxylation sites is 1. The lowest BCUT2D eigenvalue weighted by molar-refractivity contribution is -0.309. The summed E-state index contributed by atoms with van der Waals surface area (Å²) in [6.07, 6.45) is -0.707. The molecule has 1 atom stereocenters. The van der Waals surface area contributed by atoms with Crippen LogP contribution in [0.3, 0.4) is 0 Å². The van der Waals surface area contributed by atoms with E-state index in [2.05, 4.69) is 16.8 Å². The molecule has 1 aromatic carbocycles. The average Bonchev–Trinajstić information content (AvgIpc) is 2.56. The minimum Gasteiger partial charge on any atom is -0.548 e. The Balaban J connectivity index is 2.06. The van der Waals surface area contributed by atoms with Gasteiger partial charge in [-0.3, -0.25) is 0 Å². The first-order valence-electron chi connectivity index (χ1n) is 6.97. The number of fused-ring (bicyclic) bond motifs is 1. The maximum absolute atomic E-state index is 10.3. The van der Waals surface area contributed by atoms with Crippen LogP contribution in [0.1, 0.15) is 18.1 Å². The number of aliphatic hydroxyl groups excluding tert-OH is 1. The molecule has 2 rings (SSSR count). The Bertz CT molecular complexity index is 747. The number of nitrogens with zero attached hydrogens (tertiary/aromatic N) is 1. The third kappa shape index (κ3) is 4.68. The van der Waals surface area contributed by atoms with Crippen molar-refractivity contribution in [1.82, 2.24) is 4.98 Å². The molecule has 1 unspecified atom stereocenters. The Hall–Kier alpha value is -2.62. The van der Waals surface area contributed by atoms with Crippen molar-refractivity contribution >= 4 is 16.9 Å². The van der Waals surface area contributed by atoms with E-state index in [0.717, 1.165) is 10.9 Å². The van der Waals surface area contributed by atoms with Crippen LogP contribution < -0.4 is 9.84 Å². The van der Waals surface area contributed by atoms with E-state index >= 15 is 0 Å². The van der Waals surface area contributed by atoms with E-state index in [4.69, 9.17) is 9.47 Å². The summed E-state index contributed by atoms with van der Waals surface area (Å²) in [5.74, 6) is 4.43. The number of hydrogen-bond donors (Lipinski definition) is 1. The van der Waals surface area contributed by atoms with E-state index in [1.165, 1.54) is 7.11 Å². The van der Waals surface area contributed by atoms with E-state index in [1.54, 1.807) is 0 Å². The lowest BCUT2D eigenvalue weighted by atomic mass is 10.1. The third-order valence-corrected chi connectivity index (χ3v) is 3.08. The first kappa shape index (κ1) is 16.7. The van der Waals surface area contributed by atoms with Crippen LogP contribution in [0.2, 0.25) is 0 Å². The van der Waals surface area contributed by atoms with Crippen molar-refractivity contribution in [1.29, 1.82) is 0 Å². The number of aliphatic carboxylic acids is 1. The van der Waals surface area contributed by atoms with Gasteiger partial charge >= 0.3 is 0 Å². The van der Waals surface area contributed by atoms with Gasteiger partial charge in [0, 0.05) is 17.4 Å². The summed E-state index contributed by atoms with van der Waals surface area (Å²) in [5, 5.41) is 21.3. The van der Waals surface area contributed by atoms with Gasteiger partial charge in [0.15, 0.2) is 0 Å². The van der Waals surface area contributed by atoms with Crippen molar-refractivity contribution in [2.24, 2.45) is 0 Å². The van der Waals surface area contributed by atoms with Gasteiger partial charge in [-0.2, -0.15) is 0 Å². The van der Waals surface area contributed by atoms with Gasteiger partial charge in [-0.15, -0.1) is 0 Å². The number of benzene rings is 1. The Labute approximate surface area is 133 Å². The average molecular weight is 314 g/mol. The maximum Gasteiger partial charge on any atom is 0.219 e. The lowest BCUT2D eigenvalue weighted by Crippen LogP contribution is -2.27. The molecule has 1 N–H and O–H groups in total. The molecule has 0 aliphatic carbocycles. The highest BCUT2D eigenvalue weighted by molar-refractivity contribution is 5.80. The van der Waals surface area contributed by atoms with E-state index in [-0.39, 0.29) is 13.0 Å². The normalized spacial score (nSPS) is 11.6. The predicted molar refractivity (Wildman–Crippen MR) is 81.5 cm³/mol. The molecule has 0 aliphatic rings. The van der Waals surface area contributed by atoms with Gasteiger partial charge in [0.05, 0.1) is 31.3 Å². The van der Waals surface area contributed by atoms with Crippen LogP contribution in [0, 0.1) is 11.8 Å². The topological polar surface area (TPSA) is 91.7 Å². The van der Waals surface area contributed by atoms with Crippen molar-refractivity contribution in [3.8, 4) is 17.7 Å². The molecule has 0 bridgehead atoms. The van der Waals surface area contributed by atoms with Gasteiger partial charge in [0.2, 0.25) is 5.88 Å². The summed E-state index contributed by atoms with van der Waals surface area (Å²) >= 11 is 0. The number of carboxylic acid groups (broad SMARTS) is 1. The lowest BCUT2D eigenvalue weighted by Gasteiger charge is -2.13. The molecular weight excluding hydrogens is 298 g/mol. The van der Waals surface area contributed by atoms with Crippen LogP contribution in [0.4, 0.5) is 0 Å². The quantitative estimate of drug-likeness (QED) is 0.614. The smallest absolute Gasteiger partial charge is 0.219 e. The van der Waals surface area contributed by atoms with Crippen LogP contribution in [0.25, 0.3) is 10.9 Å². The summed E-state index contributed by atoms with van der Waals surface area (Å²) in [6, 6.07) is 9.35. The summed E-state index contributed by atoms with van der Waals surface area (Å²) in [6.45, 7) is -0.534. The first-order chi connectivity index (χ1) is 11.1. The summed E-state index contributed by atoms with van der Waals surface area (Å²) in [4.78, 5) is 14.5. The number of carboxylic acids is 1. The van der Waals surface area contributed by atoms with Crippen LogP contribution in [0.15, 0.2) is 30.3 Å². The second kappa shape index (κ2) is 8.13. The van der Waals surface area contributed by atoms with Gasteiger partial charge in [0.25, 0.3) is 0 Å². The zero-order chi connectivity index (χ0) is 16.7. The van der Waals surface area contributed by atoms with Crippen LogP contribution in [0.5, 0.6) is 5.88 Å². The molecule has 0 radical (unpaired) electrons. The fourth-order valence-corrected chi connectivity index (χ4v) is 2.03. The van der Waals surface area contributed by atoms with E-state index in [1.807, 2.05) is 30.3 Å². The van der Waals surface area contributed by atoms with Crippen LogP contribution in [-0.2, 0) is 9.53 Å². The molecule has 6 heteroatoms. The van der Waals surface area contributed by atoms with Crippen molar-refractivity contribution in [3.63, 3.8) is 0 Å². The number of methoxy groups -OCH3 is 1. The van der Waals surface area contributed by atoms with Crippen LogP contribution >= 0.6 is 0 Å². The number of pyridine rings is 1. The summed E-state index contributed by atoms with van der Waals surface area (Å²) in [7, 11) is 1.49. The fraction of sp³-hybridized carbons (Fsp3) is 0.294. The van der Waals surface area contributed by atoms with Crippen molar-refractivity contribution in [2.75, 3.05) is 20.3 Å². The number of rotatable bonds is 6. The predicted octanol–water partition coefficient (Wildman–Crippen LogP) is 0.437. The highest BCUT2D eigenvalue weighted by atomic mass is 16.5. The maximum atomic E-state index is 10.3. The van der Waals surface area contributed by atoms with Crippen molar-refractivity contribution < 1.29 is 24.5 Å². The molecule has 1 aromatic heterocycles. The van der Waals surface area contributed by atoms with Gasteiger partial charge in [0.1, 0.15) is 6.61 Å². The van der Waals surface area contributed by atoms with Crippen molar-refractivity contribution in [2.45, 2.75) is 12.5 Å². The molecule has 0 saturated heterocycles. The minimum absolute atomic E-state index is 0.0339. The zero-order valence-corrected chi connectivity index (χ0v) is 12.6. The molecular formula is C17H16NO5-. The molecule has 0 fully saturated rings. The second-order valence-corrected chi connectivity index (χ2v) is 4.72. The summed E-state index contributed by atoms with van der Waals surface area (Å²) < 4.78 is 9.96. The van der Waals surface area contributed by atoms with E-state index in [9.17, 15) is 15.0 Å². The molecule has 1 heterocycles. The Morgan fingerprint density at radius 2 is 2.17 bits per heavy atom. The standard InChI is InChI=1S/C17H17NO5/c1-22-17-13(10-12-6-2-3-7-14(12)18-17)15(19)8-4-5-9-23-11-16(20)21/h2-3,6-7,10,15,19H,8-9,11H2,1H3,(H,20,21)/p-1. The molecule has 23 heavy (non-hydrogen) atoms. The molecule has 0 amide bonds. The Morgan fingerprint density at radius 3 is 2.91 bits per heavy atom. The number of hydrogen-bond acceptors (Lipinski definition) is 6. The Kier molecular flexibility index (Phi) is 5.92. The SMILES string of the molecule is COc1nc2ccccc2cc1C(O)CC#CCOCC(=O)[O-]. The molecule has 120 valence electrons. The van der Waals surface area contributed by atoms with Gasteiger partial charge in [-0.05, 0) is 12.1 Å². The number of carbonyl (C=O) groups is 1. The van der Waals surface area contributed by atoms with Crippen molar-refractivity contribution in [3.05, 3.63) is 35.9 Å². The van der Waals surface area contributed by atoms with Gasteiger partial charge in [-0.25, -0.2) is 4.98 Å². The first-order valence-corrected chi connectivity index (χ1v) is 6.97. The van der Waals surface area contributed by atoms with E-state index < -0.39 is 18.7 Å². The van der Waals surface area contributed by atoms with Gasteiger partial charge in [-0.1, -0.05) is 30.0 Å². The van der Waals surface area contributed by atoms with Gasteiger partial charge < -0.3 is 24.5 Å².